The van der Waals surface area contributed by atoms with E-state index in [0.717, 1.165) is 17.8 Å². The molecule has 1 heterocycles. The summed E-state index contributed by atoms with van der Waals surface area (Å²) in [7, 11) is 0. The van der Waals surface area contributed by atoms with Crippen LogP contribution in [0.4, 0.5) is 5.69 Å². The van der Waals surface area contributed by atoms with Crippen LogP contribution in [0.3, 0.4) is 0 Å². The standard InChI is InChI=1S/C13H18N2OS/c1-4-14-12-10-6-5-9(17-8(2)3)7-11(10)15-13(12)16/h5-8,12,14H,4H2,1-3H3,(H,15,16). The molecule has 3 nitrogen and oxygen atoms in total. The third-order valence-electron chi connectivity index (χ3n) is 2.64. The quantitative estimate of drug-likeness (QED) is 0.807. The van der Waals surface area contributed by atoms with Crippen LogP contribution in [0, 0.1) is 0 Å². The zero-order valence-electron chi connectivity index (χ0n) is 10.4. The summed E-state index contributed by atoms with van der Waals surface area (Å²) in [5.74, 6) is 0.0496. The van der Waals surface area contributed by atoms with Gasteiger partial charge in [-0.15, -0.1) is 11.8 Å². The minimum absolute atomic E-state index is 0.0496. The predicted molar refractivity (Wildman–Crippen MR) is 72.5 cm³/mol. The normalized spacial score (nSPS) is 18.4. The Kier molecular flexibility index (Phi) is 3.74. The predicted octanol–water partition coefficient (Wildman–Crippen LogP) is 2.79. The van der Waals surface area contributed by atoms with Crippen LogP contribution in [-0.2, 0) is 4.79 Å². The largest absolute Gasteiger partial charge is 0.324 e. The van der Waals surface area contributed by atoms with E-state index in [4.69, 9.17) is 0 Å². The Morgan fingerprint density at radius 2 is 2.24 bits per heavy atom. The lowest BCUT2D eigenvalue weighted by atomic mass is 10.1. The van der Waals surface area contributed by atoms with Gasteiger partial charge in [0.05, 0.1) is 0 Å². The summed E-state index contributed by atoms with van der Waals surface area (Å²) in [6, 6.07) is 6.02. The lowest BCUT2D eigenvalue weighted by molar-refractivity contribution is -0.117. The highest BCUT2D eigenvalue weighted by Gasteiger charge is 2.29. The second-order valence-corrected chi connectivity index (χ2v) is 6.05. The molecule has 0 radical (unpaired) electrons. The molecule has 0 saturated heterocycles. The van der Waals surface area contributed by atoms with Crippen molar-refractivity contribution in [3.63, 3.8) is 0 Å². The van der Waals surface area contributed by atoms with E-state index >= 15 is 0 Å². The second kappa shape index (κ2) is 5.10. The maximum absolute atomic E-state index is 11.8. The molecule has 1 aliphatic rings. The van der Waals surface area contributed by atoms with Gasteiger partial charge >= 0.3 is 0 Å². The van der Waals surface area contributed by atoms with Crippen LogP contribution in [0.25, 0.3) is 0 Å². The van der Waals surface area contributed by atoms with Crippen molar-refractivity contribution in [1.82, 2.24) is 5.32 Å². The smallest absolute Gasteiger partial charge is 0.246 e. The fourth-order valence-corrected chi connectivity index (χ4v) is 2.87. The number of amides is 1. The van der Waals surface area contributed by atoms with Gasteiger partial charge in [-0.2, -0.15) is 0 Å². The van der Waals surface area contributed by atoms with Gasteiger partial charge in [0.2, 0.25) is 5.91 Å². The van der Waals surface area contributed by atoms with E-state index in [1.165, 1.54) is 4.90 Å². The van der Waals surface area contributed by atoms with Gasteiger partial charge < -0.3 is 10.6 Å². The highest BCUT2D eigenvalue weighted by molar-refractivity contribution is 7.99. The fraction of sp³-hybridized carbons (Fsp3) is 0.462. The molecule has 0 aliphatic carbocycles. The van der Waals surface area contributed by atoms with Crippen molar-refractivity contribution in [2.24, 2.45) is 0 Å². The van der Waals surface area contributed by atoms with Crippen molar-refractivity contribution in [1.29, 1.82) is 0 Å². The van der Waals surface area contributed by atoms with Gasteiger partial charge in [0, 0.05) is 21.4 Å². The molecular formula is C13H18N2OS. The number of thioether (sulfide) groups is 1. The first-order valence-electron chi connectivity index (χ1n) is 5.96. The third-order valence-corrected chi connectivity index (χ3v) is 3.63. The van der Waals surface area contributed by atoms with E-state index in [2.05, 4.69) is 36.6 Å². The fourth-order valence-electron chi connectivity index (χ4n) is 1.99. The maximum Gasteiger partial charge on any atom is 0.246 e. The van der Waals surface area contributed by atoms with Gasteiger partial charge in [0.15, 0.2) is 0 Å². The molecule has 4 heteroatoms. The summed E-state index contributed by atoms with van der Waals surface area (Å²) >= 11 is 1.81. The minimum atomic E-state index is -0.187. The van der Waals surface area contributed by atoms with Crippen molar-refractivity contribution in [3.05, 3.63) is 23.8 Å². The Bertz CT molecular complexity index is 431. The van der Waals surface area contributed by atoms with E-state index in [1.807, 2.05) is 24.8 Å². The molecule has 1 aromatic carbocycles. The zero-order chi connectivity index (χ0) is 12.4. The van der Waals surface area contributed by atoms with Gasteiger partial charge in [0.1, 0.15) is 6.04 Å². The molecule has 92 valence electrons. The van der Waals surface area contributed by atoms with E-state index in [9.17, 15) is 4.79 Å². The highest BCUT2D eigenvalue weighted by atomic mass is 32.2. The van der Waals surface area contributed by atoms with E-state index in [1.54, 1.807) is 0 Å². The summed E-state index contributed by atoms with van der Waals surface area (Å²) in [6.07, 6.45) is 0. The van der Waals surface area contributed by atoms with Crippen LogP contribution < -0.4 is 10.6 Å². The van der Waals surface area contributed by atoms with Crippen molar-refractivity contribution in [3.8, 4) is 0 Å². The molecule has 0 aromatic heterocycles. The average molecular weight is 250 g/mol. The number of likely N-dealkylation sites (N-methyl/N-ethyl adjacent to an activating group) is 1. The van der Waals surface area contributed by atoms with E-state index in [0.29, 0.717) is 5.25 Å². The minimum Gasteiger partial charge on any atom is -0.324 e. The molecule has 1 atom stereocenters. The van der Waals surface area contributed by atoms with Gasteiger partial charge in [-0.05, 0) is 18.7 Å². The maximum atomic E-state index is 11.8. The Balaban J connectivity index is 2.24. The van der Waals surface area contributed by atoms with Crippen LogP contribution in [0.2, 0.25) is 0 Å². The monoisotopic (exact) mass is 250 g/mol. The number of carbonyl (C=O) groups excluding carboxylic acids is 1. The molecular weight excluding hydrogens is 232 g/mol. The molecule has 1 aliphatic heterocycles. The van der Waals surface area contributed by atoms with E-state index < -0.39 is 0 Å². The van der Waals surface area contributed by atoms with Crippen molar-refractivity contribution >= 4 is 23.4 Å². The summed E-state index contributed by atoms with van der Waals surface area (Å²) in [5, 5.41) is 6.67. The van der Waals surface area contributed by atoms with Crippen LogP contribution in [0.1, 0.15) is 32.4 Å². The van der Waals surface area contributed by atoms with Crippen LogP contribution in [0.15, 0.2) is 23.1 Å². The van der Waals surface area contributed by atoms with Crippen LogP contribution in [0.5, 0.6) is 0 Å². The summed E-state index contributed by atoms with van der Waals surface area (Å²) < 4.78 is 0. The number of carbonyl (C=O) groups is 1. The first-order valence-corrected chi connectivity index (χ1v) is 6.84. The third kappa shape index (κ3) is 2.64. The second-order valence-electron chi connectivity index (χ2n) is 4.40. The van der Waals surface area contributed by atoms with Crippen LogP contribution in [-0.4, -0.2) is 17.7 Å². The van der Waals surface area contributed by atoms with Crippen molar-refractivity contribution in [2.75, 3.05) is 11.9 Å². The number of hydrogen-bond donors (Lipinski definition) is 2. The van der Waals surface area contributed by atoms with E-state index in [-0.39, 0.29) is 11.9 Å². The summed E-state index contributed by atoms with van der Waals surface area (Å²) in [6.45, 7) is 7.13. The molecule has 0 fully saturated rings. The molecule has 0 bridgehead atoms. The summed E-state index contributed by atoms with van der Waals surface area (Å²) in [4.78, 5) is 13.0. The van der Waals surface area contributed by atoms with Gasteiger partial charge in [-0.25, -0.2) is 0 Å². The number of nitrogens with one attached hydrogen (secondary N) is 2. The molecule has 1 aromatic rings. The Labute approximate surface area is 106 Å². The van der Waals surface area contributed by atoms with Gasteiger partial charge in [-0.3, -0.25) is 4.79 Å². The van der Waals surface area contributed by atoms with Gasteiger partial charge in [-0.1, -0.05) is 26.8 Å². The molecule has 0 saturated carbocycles. The number of benzene rings is 1. The lowest BCUT2D eigenvalue weighted by Gasteiger charge is -2.10. The number of anilines is 1. The molecule has 1 unspecified atom stereocenters. The first kappa shape index (κ1) is 12.5. The topological polar surface area (TPSA) is 41.1 Å². The molecule has 17 heavy (non-hydrogen) atoms. The highest BCUT2D eigenvalue weighted by Crippen LogP contribution is 2.35. The SMILES string of the molecule is CCNC1C(=O)Nc2cc(SC(C)C)ccc21. The molecule has 2 N–H and O–H groups in total. The average Bonchev–Trinajstić information content (AvgIpc) is 2.54. The van der Waals surface area contributed by atoms with Crippen molar-refractivity contribution in [2.45, 2.75) is 37.0 Å². The molecule has 2 rings (SSSR count). The Morgan fingerprint density at radius 3 is 2.88 bits per heavy atom. The molecule has 1 amide bonds. The zero-order valence-corrected chi connectivity index (χ0v) is 11.2. The van der Waals surface area contributed by atoms with Crippen molar-refractivity contribution < 1.29 is 4.79 Å². The van der Waals surface area contributed by atoms with Gasteiger partial charge in [0.25, 0.3) is 0 Å². The number of hydrogen-bond acceptors (Lipinski definition) is 3. The van der Waals surface area contributed by atoms with Crippen LogP contribution >= 0.6 is 11.8 Å². The number of rotatable bonds is 4. The first-order chi connectivity index (χ1) is 8.11. The lowest BCUT2D eigenvalue weighted by Crippen LogP contribution is -2.27. The number of fused-ring (bicyclic) bond motifs is 1. The summed E-state index contributed by atoms with van der Waals surface area (Å²) in [5.41, 5.74) is 2.01. The Hall–Kier alpha value is -1.00. The Morgan fingerprint density at radius 1 is 1.47 bits per heavy atom. The molecule has 0 spiro atoms.